The van der Waals surface area contributed by atoms with Gasteiger partial charge in [0.05, 0.1) is 6.04 Å². The van der Waals surface area contributed by atoms with E-state index in [1.54, 1.807) is 0 Å². The maximum Gasteiger partial charge on any atom is 0.326 e. The summed E-state index contributed by atoms with van der Waals surface area (Å²) in [6.07, 6.45) is -0.0265. The summed E-state index contributed by atoms with van der Waals surface area (Å²) < 4.78 is 0. The van der Waals surface area contributed by atoms with E-state index in [4.69, 9.17) is 22.3 Å². The predicted molar refractivity (Wildman–Crippen MR) is 142 cm³/mol. The second kappa shape index (κ2) is 15.0. The lowest BCUT2D eigenvalue weighted by atomic mass is 9.99. The molecule has 0 unspecified atom stereocenters. The summed E-state index contributed by atoms with van der Waals surface area (Å²) in [6.45, 7) is 0.189. The van der Waals surface area contributed by atoms with Crippen molar-refractivity contribution in [1.29, 1.82) is 0 Å². The van der Waals surface area contributed by atoms with E-state index in [1.165, 1.54) is 0 Å². The van der Waals surface area contributed by atoms with Gasteiger partial charge >= 0.3 is 11.9 Å². The summed E-state index contributed by atoms with van der Waals surface area (Å²) in [5.41, 5.74) is 19.0. The zero-order valence-electron chi connectivity index (χ0n) is 20.9. The Balaban J connectivity index is 2.17. The molecule has 0 spiro atoms. The van der Waals surface area contributed by atoms with Crippen molar-refractivity contribution < 1.29 is 29.4 Å². The van der Waals surface area contributed by atoms with Crippen molar-refractivity contribution in [2.24, 2.45) is 22.2 Å². The molecule has 204 valence electrons. The van der Waals surface area contributed by atoms with Crippen LogP contribution in [-0.2, 0) is 25.6 Å². The molecule has 0 bridgehead atoms. The normalized spacial score (nSPS) is 13.0. The van der Waals surface area contributed by atoms with Crippen LogP contribution in [0.2, 0.25) is 0 Å². The summed E-state index contributed by atoms with van der Waals surface area (Å²) in [4.78, 5) is 52.1. The van der Waals surface area contributed by atoms with Crippen LogP contribution in [0.15, 0.2) is 59.6 Å². The van der Waals surface area contributed by atoms with Gasteiger partial charge in [-0.15, -0.1) is 0 Å². The minimum absolute atomic E-state index is 0.0542. The number of hydrogen-bond donors (Lipinski definition) is 7. The van der Waals surface area contributed by atoms with E-state index in [9.17, 15) is 24.3 Å². The lowest BCUT2D eigenvalue weighted by Gasteiger charge is -2.23. The number of rotatable bonds is 15. The van der Waals surface area contributed by atoms with Crippen LogP contribution in [0.4, 0.5) is 0 Å². The number of nitrogens with two attached hydrogens (primary N) is 3. The number of carbonyl (C=O) groups is 4. The van der Waals surface area contributed by atoms with Crippen LogP contribution >= 0.6 is 0 Å². The first-order valence-corrected chi connectivity index (χ1v) is 12.1. The molecule has 0 saturated heterocycles. The molecule has 0 aliphatic carbocycles. The van der Waals surface area contributed by atoms with Crippen LogP contribution in [-0.4, -0.2) is 64.6 Å². The number of hydrogen-bond acceptors (Lipinski definition) is 6. The molecule has 0 saturated carbocycles. The highest BCUT2D eigenvalue weighted by atomic mass is 16.4. The van der Waals surface area contributed by atoms with Gasteiger partial charge in [-0.3, -0.25) is 19.4 Å². The van der Waals surface area contributed by atoms with E-state index in [2.05, 4.69) is 15.6 Å². The molecular formula is C26H34N6O6. The minimum atomic E-state index is -1.25. The smallest absolute Gasteiger partial charge is 0.326 e. The minimum Gasteiger partial charge on any atom is -0.481 e. The van der Waals surface area contributed by atoms with Crippen LogP contribution in [0.1, 0.15) is 31.2 Å². The van der Waals surface area contributed by atoms with Crippen molar-refractivity contribution in [3.63, 3.8) is 0 Å². The fourth-order valence-corrected chi connectivity index (χ4v) is 3.63. The van der Waals surface area contributed by atoms with Crippen LogP contribution in [0, 0.1) is 0 Å². The Kier molecular flexibility index (Phi) is 11.7. The van der Waals surface area contributed by atoms with Gasteiger partial charge in [0.15, 0.2) is 5.96 Å². The largest absolute Gasteiger partial charge is 0.481 e. The molecule has 0 radical (unpaired) electrons. The molecule has 38 heavy (non-hydrogen) atoms. The third-order valence-corrected chi connectivity index (χ3v) is 5.70. The molecular weight excluding hydrogens is 492 g/mol. The number of aliphatic imine (C=N–C) groups is 1. The fraction of sp³-hybridized carbons (Fsp3) is 0.346. The number of carboxylic acid groups (broad SMARTS) is 2. The number of aliphatic carboxylic acids is 2. The molecule has 2 rings (SSSR count). The van der Waals surface area contributed by atoms with E-state index in [0.717, 1.165) is 11.1 Å². The lowest BCUT2D eigenvalue weighted by molar-refractivity contribution is -0.142. The molecule has 0 aromatic heterocycles. The molecule has 0 aliphatic heterocycles. The van der Waals surface area contributed by atoms with Gasteiger partial charge < -0.3 is 38.0 Å². The molecule has 0 fully saturated rings. The number of carbonyl (C=O) groups excluding carboxylic acids is 2. The van der Waals surface area contributed by atoms with Crippen molar-refractivity contribution in [3.05, 3.63) is 60.2 Å². The van der Waals surface area contributed by atoms with Crippen LogP contribution in [0.25, 0.3) is 11.1 Å². The van der Waals surface area contributed by atoms with E-state index < -0.39 is 41.9 Å². The maximum absolute atomic E-state index is 13.1. The highest BCUT2D eigenvalue weighted by Gasteiger charge is 2.28. The Morgan fingerprint density at radius 2 is 1.42 bits per heavy atom. The third kappa shape index (κ3) is 10.3. The number of benzene rings is 2. The summed E-state index contributed by atoms with van der Waals surface area (Å²) in [7, 11) is 0. The second-order valence-electron chi connectivity index (χ2n) is 8.72. The lowest BCUT2D eigenvalue weighted by Crippen LogP contribution is -2.55. The van der Waals surface area contributed by atoms with Crippen molar-refractivity contribution in [2.75, 3.05) is 6.54 Å². The van der Waals surface area contributed by atoms with Crippen molar-refractivity contribution in [3.8, 4) is 11.1 Å². The number of carboxylic acids is 2. The first-order valence-electron chi connectivity index (χ1n) is 12.1. The van der Waals surface area contributed by atoms with Gasteiger partial charge in [0.25, 0.3) is 0 Å². The highest BCUT2D eigenvalue weighted by molar-refractivity contribution is 5.92. The summed E-state index contributed by atoms with van der Waals surface area (Å²) >= 11 is 0. The van der Waals surface area contributed by atoms with Gasteiger partial charge in [0.1, 0.15) is 12.1 Å². The molecule has 10 N–H and O–H groups in total. The zero-order chi connectivity index (χ0) is 28.1. The first-order chi connectivity index (χ1) is 18.1. The topological polar surface area (TPSA) is 223 Å². The van der Waals surface area contributed by atoms with Gasteiger partial charge in [-0.2, -0.15) is 0 Å². The average Bonchev–Trinajstić information content (AvgIpc) is 2.89. The molecule has 2 amide bonds. The SMILES string of the molecule is NC(N)=NCCC[C@@H](NC(=O)[C@@H](Cc1ccc(-c2ccccc2)cc1)NC(=O)[C@H](N)CCC(=O)O)C(=O)O. The summed E-state index contributed by atoms with van der Waals surface area (Å²) in [5.74, 6) is -3.91. The molecule has 2 aromatic rings. The van der Waals surface area contributed by atoms with Gasteiger partial charge in [0, 0.05) is 19.4 Å². The molecule has 12 heteroatoms. The fourth-order valence-electron chi connectivity index (χ4n) is 3.63. The Bertz CT molecular complexity index is 1120. The van der Waals surface area contributed by atoms with Crippen molar-refractivity contribution in [1.82, 2.24) is 10.6 Å². The third-order valence-electron chi connectivity index (χ3n) is 5.70. The maximum atomic E-state index is 13.1. The van der Waals surface area contributed by atoms with Crippen molar-refractivity contribution >= 4 is 29.7 Å². The first kappa shape index (κ1) is 29.8. The van der Waals surface area contributed by atoms with Gasteiger partial charge in [-0.05, 0) is 36.0 Å². The molecule has 2 aromatic carbocycles. The van der Waals surface area contributed by atoms with Gasteiger partial charge in [-0.25, -0.2) is 4.79 Å². The van der Waals surface area contributed by atoms with E-state index >= 15 is 0 Å². The Morgan fingerprint density at radius 1 is 0.816 bits per heavy atom. The number of guanidine groups is 1. The monoisotopic (exact) mass is 526 g/mol. The quantitative estimate of drug-likeness (QED) is 0.0954. The highest BCUT2D eigenvalue weighted by Crippen LogP contribution is 2.20. The Labute approximate surface area is 220 Å². The van der Waals surface area contributed by atoms with Crippen LogP contribution in [0.5, 0.6) is 0 Å². The zero-order valence-corrected chi connectivity index (χ0v) is 20.9. The van der Waals surface area contributed by atoms with E-state index in [-0.39, 0.29) is 38.2 Å². The second-order valence-corrected chi connectivity index (χ2v) is 8.72. The van der Waals surface area contributed by atoms with Crippen molar-refractivity contribution in [2.45, 2.75) is 50.2 Å². The molecule has 3 atom stereocenters. The van der Waals surface area contributed by atoms with Gasteiger partial charge in [-0.1, -0.05) is 54.6 Å². The van der Waals surface area contributed by atoms with E-state index in [1.807, 2.05) is 54.6 Å². The van der Waals surface area contributed by atoms with Crippen LogP contribution < -0.4 is 27.8 Å². The molecule has 0 heterocycles. The number of nitrogens with zero attached hydrogens (tertiary/aromatic N) is 1. The molecule has 0 aliphatic rings. The summed E-state index contributed by atoms with van der Waals surface area (Å²) in [6, 6.07) is 13.5. The molecule has 12 nitrogen and oxygen atoms in total. The predicted octanol–water partition coefficient (Wildman–Crippen LogP) is 0.196. The standard InChI is InChI=1S/C26H34N6O6/c27-19(12-13-22(33)34)23(35)32-21(24(36)31-20(25(37)38)7-4-14-30-26(28)29)15-16-8-10-18(11-9-16)17-5-2-1-3-6-17/h1-3,5-6,8-11,19-21H,4,7,12-15,27H2,(H,31,36)(H,32,35)(H,33,34)(H,37,38)(H4,28,29,30)/t19-,20-,21-/m1/s1. The Hall–Kier alpha value is -4.45. The summed E-state index contributed by atoms with van der Waals surface area (Å²) in [5, 5.41) is 23.4. The van der Waals surface area contributed by atoms with Gasteiger partial charge in [0.2, 0.25) is 11.8 Å². The number of amides is 2. The number of nitrogens with one attached hydrogen (secondary N) is 2. The Morgan fingerprint density at radius 3 is 2.00 bits per heavy atom. The van der Waals surface area contributed by atoms with Crippen LogP contribution in [0.3, 0.4) is 0 Å². The average molecular weight is 527 g/mol. The van der Waals surface area contributed by atoms with E-state index in [0.29, 0.717) is 12.0 Å².